The standard InChI is InChI=1S/C16H25N5O.HI/c1-3-17-16(19-11-12-22-2)18-10-6-9-15-20-13-7-4-5-8-14(13)21-15;/h4-5,7-8H,3,6,9-12H2,1-2H3,(H,20,21)(H2,17,18,19);1H. The number of halogens is 1. The van der Waals surface area contributed by atoms with Crippen LogP contribution in [0.1, 0.15) is 19.2 Å². The van der Waals surface area contributed by atoms with E-state index >= 15 is 0 Å². The Morgan fingerprint density at radius 3 is 2.87 bits per heavy atom. The topological polar surface area (TPSA) is 74.3 Å². The Morgan fingerprint density at radius 2 is 2.13 bits per heavy atom. The average molecular weight is 431 g/mol. The van der Waals surface area contributed by atoms with E-state index < -0.39 is 0 Å². The van der Waals surface area contributed by atoms with Gasteiger partial charge in [0.2, 0.25) is 0 Å². The number of aromatic amines is 1. The van der Waals surface area contributed by atoms with Crippen LogP contribution < -0.4 is 10.6 Å². The van der Waals surface area contributed by atoms with E-state index in [9.17, 15) is 0 Å². The van der Waals surface area contributed by atoms with Gasteiger partial charge < -0.3 is 20.4 Å². The van der Waals surface area contributed by atoms with Crippen LogP contribution in [-0.4, -0.2) is 49.3 Å². The first-order chi connectivity index (χ1) is 10.8. The summed E-state index contributed by atoms with van der Waals surface area (Å²) < 4.78 is 5.02. The summed E-state index contributed by atoms with van der Waals surface area (Å²) in [4.78, 5) is 12.5. The van der Waals surface area contributed by atoms with Gasteiger partial charge in [-0.2, -0.15) is 0 Å². The maximum atomic E-state index is 5.02. The molecule has 0 aliphatic carbocycles. The molecule has 3 N–H and O–H groups in total. The van der Waals surface area contributed by atoms with Crippen LogP contribution >= 0.6 is 24.0 Å². The van der Waals surface area contributed by atoms with Crippen molar-refractivity contribution in [1.29, 1.82) is 0 Å². The van der Waals surface area contributed by atoms with Gasteiger partial charge in [-0.25, -0.2) is 4.98 Å². The highest BCUT2D eigenvalue weighted by molar-refractivity contribution is 14.0. The van der Waals surface area contributed by atoms with Gasteiger partial charge in [0.25, 0.3) is 0 Å². The average Bonchev–Trinajstić information content (AvgIpc) is 2.94. The van der Waals surface area contributed by atoms with Crippen molar-refractivity contribution in [2.45, 2.75) is 19.8 Å². The fraction of sp³-hybridized carbons (Fsp3) is 0.500. The van der Waals surface area contributed by atoms with Crippen LogP contribution in [0.4, 0.5) is 0 Å². The number of aromatic nitrogens is 2. The van der Waals surface area contributed by atoms with Gasteiger partial charge in [-0.15, -0.1) is 24.0 Å². The van der Waals surface area contributed by atoms with Crippen LogP contribution in [0.25, 0.3) is 11.0 Å². The third-order valence-electron chi connectivity index (χ3n) is 3.22. The molecule has 23 heavy (non-hydrogen) atoms. The van der Waals surface area contributed by atoms with E-state index in [0.29, 0.717) is 6.61 Å². The van der Waals surface area contributed by atoms with Gasteiger partial charge in [-0.1, -0.05) is 12.1 Å². The normalized spacial score (nSPS) is 11.3. The third-order valence-corrected chi connectivity index (χ3v) is 3.22. The van der Waals surface area contributed by atoms with E-state index in [1.807, 2.05) is 24.3 Å². The van der Waals surface area contributed by atoms with Gasteiger partial charge in [0.15, 0.2) is 5.96 Å². The molecule has 0 fully saturated rings. The minimum Gasteiger partial charge on any atom is -0.383 e. The quantitative estimate of drug-likeness (QED) is 0.260. The summed E-state index contributed by atoms with van der Waals surface area (Å²) in [5.41, 5.74) is 2.12. The second-order valence-corrected chi connectivity index (χ2v) is 4.98. The molecule has 128 valence electrons. The predicted molar refractivity (Wildman–Crippen MR) is 106 cm³/mol. The molecule has 0 amide bonds. The maximum absolute atomic E-state index is 5.02. The van der Waals surface area contributed by atoms with Crippen molar-refractivity contribution in [3.05, 3.63) is 30.1 Å². The van der Waals surface area contributed by atoms with Crippen LogP contribution in [0.2, 0.25) is 0 Å². The smallest absolute Gasteiger partial charge is 0.191 e. The second kappa shape index (κ2) is 11.2. The van der Waals surface area contributed by atoms with E-state index in [1.54, 1.807) is 7.11 Å². The number of rotatable bonds is 8. The van der Waals surface area contributed by atoms with Crippen LogP contribution in [0.15, 0.2) is 29.3 Å². The van der Waals surface area contributed by atoms with Crippen molar-refractivity contribution in [2.24, 2.45) is 4.99 Å². The third kappa shape index (κ3) is 6.74. The van der Waals surface area contributed by atoms with Gasteiger partial charge >= 0.3 is 0 Å². The SMILES string of the molecule is CCNC(=NCCCc1nc2ccccc2[nH]1)NCCOC.I. The van der Waals surface area contributed by atoms with Crippen molar-refractivity contribution in [3.8, 4) is 0 Å². The first-order valence-corrected chi connectivity index (χ1v) is 7.78. The summed E-state index contributed by atoms with van der Waals surface area (Å²) in [6, 6.07) is 8.10. The number of aliphatic imine (C=N–C) groups is 1. The Balaban J connectivity index is 0.00000264. The highest BCUT2D eigenvalue weighted by Gasteiger charge is 2.01. The molecule has 0 atom stereocenters. The first kappa shape index (κ1) is 19.7. The minimum atomic E-state index is 0. The fourth-order valence-corrected chi connectivity index (χ4v) is 2.17. The zero-order chi connectivity index (χ0) is 15.6. The Bertz CT molecular complexity index is 566. The number of hydrogen-bond donors (Lipinski definition) is 3. The number of para-hydroxylation sites is 2. The van der Waals surface area contributed by atoms with E-state index in [4.69, 9.17) is 4.74 Å². The molecule has 1 aromatic carbocycles. The van der Waals surface area contributed by atoms with Crippen molar-refractivity contribution in [3.63, 3.8) is 0 Å². The van der Waals surface area contributed by atoms with Crippen LogP contribution in [0, 0.1) is 0 Å². The lowest BCUT2D eigenvalue weighted by Gasteiger charge is -2.10. The number of aryl methyl sites for hydroxylation is 1. The van der Waals surface area contributed by atoms with Gasteiger partial charge in [0.05, 0.1) is 17.6 Å². The summed E-state index contributed by atoms with van der Waals surface area (Å²) >= 11 is 0. The van der Waals surface area contributed by atoms with Crippen molar-refractivity contribution in [2.75, 3.05) is 33.4 Å². The Hall–Kier alpha value is -1.35. The van der Waals surface area contributed by atoms with Gasteiger partial charge in [-0.3, -0.25) is 4.99 Å². The molecule has 1 aromatic heterocycles. The maximum Gasteiger partial charge on any atom is 0.191 e. The van der Waals surface area contributed by atoms with Crippen molar-refractivity contribution in [1.82, 2.24) is 20.6 Å². The molecule has 0 saturated carbocycles. The molecule has 7 heteroatoms. The number of benzene rings is 1. The number of guanidine groups is 1. The van der Waals surface area contributed by atoms with E-state index in [1.165, 1.54) is 0 Å². The fourth-order valence-electron chi connectivity index (χ4n) is 2.17. The number of nitrogens with one attached hydrogen (secondary N) is 3. The van der Waals surface area contributed by atoms with Gasteiger partial charge in [0, 0.05) is 33.2 Å². The summed E-state index contributed by atoms with van der Waals surface area (Å²) in [5, 5.41) is 6.45. The lowest BCUT2D eigenvalue weighted by Crippen LogP contribution is -2.39. The number of ether oxygens (including phenoxy) is 1. The molecule has 0 radical (unpaired) electrons. The van der Waals surface area contributed by atoms with E-state index in [-0.39, 0.29) is 24.0 Å². The molecule has 0 saturated heterocycles. The number of nitrogens with zero attached hydrogens (tertiary/aromatic N) is 2. The number of methoxy groups -OCH3 is 1. The van der Waals surface area contributed by atoms with Gasteiger partial charge in [0.1, 0.15) is 5.82 Å². The van der Waals surface area contributed by atoms with Crippen molar-refractivity contribution >= 4 is 41.0 Å². The predicted octanol–water partition coefficient (Wildman–Crippen LogP) is 2.32. The Kier molecular flexibility index (Phi) is 9.61. The lowest BCUT2D eigenvalue weighted by molar-refractivity contribution is 0.203. The molecular weight excluding hydrogens is 405 g/mol. The minimum absolute atomic E-state index is 0. The zero-order valence-corrected chi connectivity index (χ0v) is 16.1. The van der Waals surface area contributed by atoms with Crippen molar-refractivity contribution < 1.29 is 4.74 Å². The molecule has 0 aliphatic rings. The number of H-pyrrole nitrogens is 1. The number of imidazole rings is 1. The molecule has 0 aliphatic heterocycles. The molecule has 2 aromatic rings. The lowest BCUT2D eigenvalue weighted by atomic mass is 10.3. The van der Waals surface area contributed by atoms with Gasteiger partial charge in [-0.05, 0) is 25.5 Å². The molecular formula is C16H26IN5O. The number of hydrogen-bond acceptors (Lipinski definition) is 3. The highest BCUT2D eigenvalue weighted by Crippen LogP contribution is 2.11. The highest BCUT2D eigenvalue weighted by atomic mass is 127. The van der Waals surface area contributed by atoms with E-state index in [2.05, 4.69) is 32.5 Å². The van der Waals surface area contributed by atoms with Crippen LogP contribution in [-0.2, 0) is 11.2 Å². The first-order valence-electron chi connectivity index (χ1n) is 7.78. The van der Waals surface area contributed by atoms with E-state index in [0.717, 1.165) is 55.3 Å². The summed E-state index contributed by atoms with van der Waals surface area (Å²) in [5.74, 6) is 1.86. The largest absolute Gasteiger partial charge is 0.383 e. The molecule has 2 rings (SSSR count). The van der Waals surface area contributed by atoms with Crippen LogP contribution in [0.3, 0.4) is 0 Å². The Labute approximate surface area is 154 Å². The number of fused-ring (bicyclic) bond motifs is 1. The monoisotopic (exact) mass is 431 g/mol. The summed E-state index contributed by atoms with van der Waals surface area (Å²) in [6.45, 7) is 5.10. The molecule has 6 nitrogen and oxygen atoms in total. The molecule has 1 heterocycles. The van der Waals surface area contributed by atoms with Crippen LogP contribution in [0.5, 0.6) is 0 Å². The summed E-state index contributed by atoms with van der Waals surface area (Å²) in [6.07, 6.45) is 1.86. The molecule has 0 bridgehead atoms. The Morgan fingerprint density at radius 1 is 1.30 bits per heavy atom. The summed E-state index contributed by atoms with van der Waals surface area (Å²) in [7, 11) is 1.69. The molecule has 0 spiro atoms. The zero-order valence-electron chi connectivity index (χ0n) is 13.8. The molecule has 0 unspecified atom stereocenters. The second-order valence-electron chi connectivity index (χ2n) is 4.98.